The molecule has 1 aromatic heterocycles. The van der Waals surface area contributed by atoms with Crippen LogP contribution in [0.1, 0.15) is 50.9 Å². The molecule has 1 N–H and O–H groups in total. The smallest absolute Gasteiger partial charge is 0.213 e. The van der Waals surface area contributed by atoms with Gasteiger partial charge in [0.15, 0.2) is 0 Å². The highest BCUT2D eigenvalue weighted by molar-refractivity contribution is 5.32. The van der Waals surface area contributed by atoms with E-state index in [1.165, 1.54) is 0 Å². The largest absolute Gasteiger partial charge is 0.493 e. The zero-order valence-electron chi connectivity index (χ0n) is 9.00. The summed E-state index contributed by atoms with van der Waals surface area (Å²) in [5.74, 6) is 0.648. The van der Waals surface area contributed by atoms with E-state index in [1.54, 1.807) is 4.68 Å². The van der Waals surface area contributed by atoms with Crippen LogP contribution >= 0.6 is 0 Å². The molecule has 0 aliphatic rings. The maximum atomic E-state index is 9.85. The minimum absolute atomic E-state index is 0.214. The molecule has 0 saturated heterocycles. The van der Waals surface area contributed by atoms with Crippen molar-refractivity contribution in [3.63, 3.8) is 0 Å². The quantitative estimate of drug-likeness (QED) is 0.763. The van der Waals surface area contributed by atoms with Crippen LogP contribution in [0.25, 0.3) is 0 Å². The highest BCUT2D eigenvalue weighted by Crippen LogP contribution is 2.30. The van der Waals surface area contributed by atoms with Crippen molar-refractivity contribution in [3.05, 3.63) is 11.3 Å². The summed E-state index contributed by atoms with van der Waals surface area (Å²) in [6.07, 6.45) is 0. The maximum absolute atomic E-state index is 9.85. The number of aromatic nitrogens is 2. The van der Waals surface area contributed by atoms with Crippen molar-refractivity contribution in [2.75, 3.05) is 0 Å². The number of hydrogen-bond donors (Lipinski definition) is 1. The van der Waals surface area contributed by atoms with Gasteiger partial charge < -0.3 is 5.11 Å². The van der Waals surface area contributed by atoms with Gasteiger partial charge in [0.2, 0.25) is 5.88 Å². The van der Waals surface area contributed by atoms with Crippen molar-refractivity contribution in [2.24, 2.45) is 0 Å². The van der Waals surface area contributed by atoms with Gasteiger partial charge in [-0.25, -0.2) is 4.68 Å². The average molecular weight is 182 g/mol. The highest BCUT2D eigenvalue weighted by Gasteiger charge is 2.17. The molecule has 1 aromatic rings. The summed E-state index contributed by atoms with van der Waals surface area (Å²) in [6, 6.07) is 0.214. The van der Waals surface area contributed by atoms with E-state index < -0.39 is 0 Å². The van der Waals surface area contributed by atoms with E-state index in [4.69, 9.17) is 0 Å². The van der Waals surface area contributed by atoms with Crippen LogP contribution in [0.15, 0.2) is 0 Å². The minimum Gasteiger partial charge on any atom is -0.493 e. The Morgan fingerprint density at radius 1 is 1.23 bits per heavy atom. The van der Waals surface area contributed by atoms with Gasteiger partial charge in [-0.1, -0.05) is 13.8 Å². The topological polar surface area (TPSA) is 38.0 Å². The van der Waals surface area contributed by atoms with E-state index in [2.05, 4.69) is 18.9 Å². The Morgan fingerprint density at radius 3 is 2.00 bits per heavy atom. The standard InChI is InChI=1S/C10H18N2O/c1-6(2)9-8(5)11-12(7(3)4)10(9)13/h6-7,13H,1-5H3. The van der Waals surface area contributed by atoms with E-state index in [9.17, 15) is 5.11 Å². The van der Waals surface area contributed by atoms with Gasteiger partial charge in [-0.2, -0.15) is 5.10 Å². The molecule has 0 fully saturated rings. The summed E-state index contributed by atoms with van der Waals surface area (Å²) in [7, 11) is 0. The molecule has 0 amide bonds. The molecule has 0 bridgehead atoms. The molecule has 0 aromatic carbocycles. The predicted molar refractivity (Wildman–Crippen MR) is 53.1 cm³/mol. The lowest BCUT2D eigenvalue weighted by Gasteiger charge is -2.08. The first kappa shape index (κ1) is 10.1. The fourth-order valence-electron chi connectivity index (χ4n) is 1.58. The van der Waals surface area contributed by atoms with E-state index in [-0.39, 0.29) is 6.04 Å². The fourth-order valence-corrected chi connectivity index (χ4v) is 1.58. The first-order chi connectivity index (χ1) is 5.95. The van der Waals surface area contributed by atoms with Crippen LogP contribution in [0.4, 0.5) is 0 Å². The normalized spacial score (nSPS) is 11.6. The van der Waals surface area contributed by atoms with Crippen LogP contribution in [0.2, 0.25) is 0 Å². The van der Waals surface area contributed by atoms with Crippen LogP contribution in [0, 0.1) is 6.92 Å². The number of nitrogens with zero attached hydrogens (tertiary/aromatic N) is 2. The molecule has 1 heterocycles. The molecular formula is C10H18N2O. The molecule has 0 saturated carbocycles. The van der Waals surface area contributed by atoms with Gasteiger partial charge >= 0.3 is 0 Å². The lowest BCUT2D eigenvalue weighted by molar-refractivity contribution is 0.372. The molecule has 0 spiro atoms. The molecule has 13 heavy (non-hydrogen) atoms. The Morgan fingerprint density at radius 2 is 1.77 bits per heavy atom. The first-order valence-corrected chi connectivity index (χ1v) is 4.73. The Balaban J connectivity index is 3.22. The molecule has 74 valence electrons. The zero-order chi connectivity index (χ0) is 10.2. The van der Waals surface area contributed by atoms with E-state index in [0.29, 0.717) is 11.8 Å². The molecular weight excluding hydrogens is 164 g/mol. The van der Waals surface area contributed by atoms with Crippen LogP contribution in [0.3, 0.4) is 0 Å². The first-order valence-electron chi connectivity index (χ1n) is 4.73. The van der Waals surface area contributed by atoms with Gasteiger partial charge in [-0.05, 0) is 26.7 Å². The third kappa shape index (κ3) is 1.69. The Bertz CT molecular complexity index is 300. The molecule has 0 radical (unpaired) electrons. The number of aromatic hydroxyl groups is 1. The van der Waals surface area contributed by atoms with Crippen molar-refractivity contribution in [2.45, 2.75) is 46.6 Å². The second-order valence-electron chi connectivity index (χ2n) is 4.02. The fraction of sp³-hybridized carbons (Fsp3) is 0.700. The molecule has 0 atom stereocenters. The van der Waals surface area contributed by atoms with E-state index in [1.807, 2.05) is 20.8 Å². The average Bonchev–Trinajstić information content (AvgIpc) is 2.26. The summed E-state index contributed by atoms with van der Waals surface area (Å²) in [6.45, 7) is 10.1. The van der Waals surface area contributed by atoms with Crippen molar-refractivity contribution < 1.29 is 5.11 Å². The van der Waals surface area contributed by atoms with Crippen molar-refractivity contribution in [1.82, 2.24) is 9.78 Å². The third-order valence-corrected chi connectivity index (χ3v) is 2.17. The predicted octanol–water partition coefficient (Wildman–Crippen LogP) is 2.60. The Hall–Kier alpha value is -0.990. The number of aryl methyl sites for hydroxylation is 1. The number of hydrogen-bond acceptors (Lipinski definition) is 2. The Kier molecular flexibility index (Phi) is 2.64. The molecule has 0 unspecified atom stereocenters. The van der Waals surface area contributed by atoms with Gasteiger partial charge in [0.05, 0.1) is 11.7 Å². The molecule has 1 rings (SSSR count). The summed E-state index contributed by atoms with van der Waals surface area (Å²) < 4.78 is 1.67. The summed E-state index contributed by atoms with van der Waals surface area (Å²) >= 11 is 0. The van der Waals surface area contributed by atoms with Gasteiger partial charge in [0, 0.05) is 5.56 Å². The van der Waals surface area contributed by atoms with Gasteiger partial charge in [-0.3, -0.25) is 0 Å². The summed E-state index contributed by atoms with van der Waals surface area (Å²) in [4.78, 5) is 0. The van der Waals surface area contributed by atoms with Crippen LogP contribution in [0.5, 0.6) is 5.88 Å². The van der Waals surface area contributed by atoms with Gasteiger partial charge in [-0.15, -0.1) is 0 Å². The van der Waals surface area contributed by atoms with Crippen LogP contribution in [-0.2, 0) is 0 Å². The zero-order valence-corrected chi connectivity index (χ0v) is 9.00. The third-order valence-electron chi connectivity index (χ3n) is 2.17. The van der Waals surface area contributed by atoms with Crippen molar-refractivity contribution >= 4 is 0 Å². The van der Waals surface area contributed by atoms with Gasteiger partial charge in [0.25, 0.3) is 0 Å². The van der Waals surface area contributed by atoms with E-state index >= 15 is 0 Å². The highest BCUT2D eigenvalue weighted by atomic mass is 16.3. The van der Waals surface area contributed by atoms with Crippen LogP contribution in [-0.4, -0.2) is 14.9 Å². The van der Waals surface area contributed by atoms with Crippen LogP contribution < -0.4 is 0 Å². The lowest BCUT2D eigenvalue weighted by Crippen LogP contribution is -2.02. The molecule has 3 nitrogen and oxygen atoms in total. The van der Waals surface area contributed by atoms with Crippen molar-refractivity contribution in [3.8, 4) is 5.88 Å². The molecule has 0 aliphatic heterocycles. The summed E-state index contributed by atoms with van der Waals surface area (Å²) in [5, 5.41) is 14.1. The van der Waals surface area contributed by atoms with Gasteiger partial charge in [0.1, 0.15) is 0 Å². The molecule has 3 heteroatoms. The maximum Gasteiger partial charge on any atom is 0.213 e. The Labute approximate surface area is 79.4 Å². The van der Waals surface area contributed by atoms with E-state index in [0.717, 1.165) is 11.3 Å². The SMILES string of the molecule is Cc1nn(C(C)C)c(O)c1C(C)C. The summed E-state index contributed by atoms with van der Waals surface area (Å²) in [5.41, 5.74) is 1.90. The van der Waals surface area contributed by atoms with Crippen molar-refractivity contribution in [1.29, 1.82) is 0 Å². The molecule has 0 aliphatic carbocycles. The monoisotopic (exact) mass is 182 g/mol. The minimum atomic E-state index is 0.214. The second-order valence-corrected chi connectivity index (χ2v) is 4.02. The number of rotatable bonds is 2. The lowest BCUT2D eigenvalue weighted by atomic mass is 10.0. The second kappa shape index (κ2) is 3.40.